The van der Waals surface area contributed by atoms with Crippen molar-refractivity contribution in [3.63, 3.8) is 0 Å². The smallest absolute Gasteiger partial charge is 0.133 e. The highest BCUT2D eigenvalue weighted by atomic mass is 16.7. The van der Waals surface area contributed by atoms with Gasteiger partial charge in [-0.1, -0.05) is 19.3 Å². The molecule has 0 aromatic carbocycles. The normalized spacial score (nSPS) is 42.8. The molecule has 0 N–H and O–H groups in total. The van der Waals surface area contributed by atoms with Gasteiger partial charge in [0, 0.05) is 6.04 Å². The summed E-state index contributed by atoms with van der Waals surface area (Å²) in [7, 11) is 0. The summed E-state index contributed by atoms with van der Waals surface area (Å²) in [6.45, 7) is 0.819. The van der Waals surface area contributed by atoms with E-state index in [1.54, 1.807) is 0 Å². The molecule has 4 rings (SSSR count). The van der Waals surface area contributed by atoms with Gasteiger partial charge in [-0.25, -0.2) is 0 Å². The first-order valence-corrected chi connectivity index (χ1v) is 9.12. The molecule has 0 radical (unpaired) electrons. The van der Waals surface area contributed by atoms with Crippen LogP contribution in [0.5, 0.6) is 0 Å². The Morgan fingerprint density at radius 2 is 1.71 bits per heavy atom. The zero-order valence-corrected chi connectivity index (χ0v) is 13.1. The Morgan fingerprint density at radius 3 is 2.33 bits per heavy atom. The Bertz CT molecular complexity index is 427. The van der Waals surface area contributed by atoms with Gasteiger partial charge in [0.2, 0.25) is 0 Å². The zero-order chi connectivity index (χ0) is 14.3. The minimum atomic E-state index is -0.321. The number of hydrogen-bond donors (Lipinski definition) is 0. The quantitative estimate of drug-likeness (QED) is 0.764. The third-order valence-corrected chi connectivity index (χ3v) is 6.95. The molecule has 4 fully saturated rings. The lowest BCUT2D eigenvalue weighted by Crippen LogP contribution is -2.60. The van der Waals surface area contributed by atoms with Crippen molar-refractivity contribution < 1.29 is 4.84 Å². The fourth-order valence-corrected chi connectivity index (χ4v) is 5.85. The van der Waals surface area contributed by atoms with Gasteiger partial charge in [0.15, 0.2) is 0 Å². The highest BCUT2D eigenvalue weighted by Gasteiger charge is 2.56. The van der Waals surface area contributed by atoms with Crippen molar-refractivity contribution in [1.29, 1.82) is 5.26 Å². The van der Waals surface area contributed by atoms with Gasteiger partial charge in [-0.3, -0.25) is 4.84 Å². The maximum absolute atomic E-state index is 9.95. The van der Waals surface area contributed by atoms with Crippen molar-refractivity contribution in [2.75, 3.05) is 6.61 Å². The molecule has 0 spiro atoms. The van der Waals surface area contributed by atoms with Crippen LogP contribution in [-0.4, -0.2) is 23.3 Å². The molecule has 1 unspecified atom stereocenters. The lowest BCUT2D eigenvalue weighted by molar-refractivity contribution is -0.281. The lowest BCUT2D eigenvalue weighted by Gasteiger charge is -2.52. The van der Waals surface area contributed by atoms with Crippen LogP contribution in [0.4, 0.5) is 0 Å². The SMILES string of the molecule is N#CC1(N2OCCCC2C23CCC(CC2)C3)CCCCC1. The Hall–Kier alpha value is -0.590. The van der Waals surface area contributed by atoms with Crippen molar-refractivity contribution in [1.82, 2.24) is 5.06 Å². The maximum Gasteiger partial charge on any atom is 0.133 e. The fraction of sp³-hybridized carbons (Fsp3) is 0.944. The van der Waals surface area contributed by atoms with E-state index in [4.69, 9.17) is 4.84 Å². The molecule has 1 atom stereocenters. The van der Waals surface area contributed by atoms with E-state index in [0.717, 1.165) is 25.4 Å². The van der Waals surface area contributed by atoms with E-state index in [-0.39, 0.29) is 5.54 Å². The fourth-order valence-electron chi connectivity index (χ4n) is 5.85. The molecular weight excluding hydrogens is 260 g/mol. The number of nitriles is 1. The van der Waals surface area contributed by atoms with Crippen LogP contribution >= 0.6 is 0 Å². The Labute approximate surface area is 128 Å². The van der Waals surface area contributed by atoms with Gasteiger partial charge in [-0.2, -0.15) is 10.3 Å². The molecule has 4 aliphatic rings. The second-order valence-electron chi connectivity index (χ2n) is 8.03. The minimum Gasteiger partial charge on any atom is -0.297 e. The number of fused-ring (bicyclic) bond motifs is 2. The molecule has 116 valence electrons. The second kappa shape index (κ2) is 5.25. The molecule has 1 saturated heterocycles. The van der Waals surface area contributed by atoms with Crippen molar-refractivity contribution in [3.05, 3.63) is 0 Å². The zero-order valence-electron chi connectivity index (χ0n) is 13.1. The van der Waals surface area contributed by atoms with Crippen LogP contribution in [0.15, 0.2) is 0 Å². The summed E-state index contributed by atoms with van der Waals surface area (Å²) < 4.78 is 0. The van der Waals surface area contributed by atoms with E-state index in [1.807, 2.05) is 0 Å². The molecule has 0 aromatic heterocycles. The van der Waals surface area contributed by atoms with Crippen LogP contribution in [0.1, 0.15) is 77.0 Å². The third-order valence-electron chi connectivity index (χ3n) is 6.95. The molecule has 1 aliphatic heterocycles. The predicted octanol–water partition coefficient (Wildman–Crippen LogP) is 4.19. The van der Waals surface area contributed by atoms with E-state index >= 15 is 0 Å². The summed E-state index contributed by atoms with van der Waals surface area (Å²) >= 11 is 0. The minimum absolute atomic E-state index is 0.321. The molecule has 21 heavy (non-hydrogen) atoms. The topological polar surface area (TPSA) is 36.3 Å². The van der Waals surface area contributed by atoms with Gasteiger partial charge in [0.25, 0.3) is 0 Å². The predicted molar refractivity (Wildman–Crippen MR) is 81.3 cm³/mol. The average molecular weight is 288 g/mol. The highest BCUT2D eigenvalue weighted by molar-refractivity contribution is 5.13. The number of hydrogen-bond acceptors (Lipinski definition) is 3. The third kappa shape index (κ3) is 2.14. The standard InChI is InChI=1S/C18H28N2O/c19-14-18(8-2-1-3-9-18)20-16(5-4-12-21-20)17-10-6-15(13-17)7-11-17/h15-16H,1-13H2. The average Bonchev–Trinajstić information content (AvgIpc) is 3.18. The number of hydroxylamine groups is 2. The summed E-state index contributed by atoms with van der Waals surface area (Å²) in [6, 6.07) is 3.21. The first-order chi connectivity index (χ1) is 10.3. The van der Waals surface area contributed by atoms with Crippen LogP contribution in [0.3, 0.4) is 0 Å². The molecule has 0 aromatic rings. The van der Waals surface area contributed by atoms with Crippen molar-refractivity contribution in [2.24, 2.45) is 11.3 Å². The maximum atomic E-state index is 9.95. The van der Waals surface area contributed by atoms with Crippen LogP contribution in [0.25, 0.3) is 0 Å². The van der Waals surface area contributed by atoms with E-state index in [1.165, 1.54) is 64.2 Å². The summed E-state index contributed by atoms with van der Waals surface area (Å²) in [5.74, 6) is 0.971. The molecule has 3 aliphatic carbocycles. The summed E-state index contributed by atoms with van der Waals surface area (Å²) in [4.78, 5) is 6.19. The van der Waals surface area contributed by atoms with Gasteiger partial charge < -0.3 is 0 Å². The van der Waals surface area contributed by atoms with Gasteiger partial charge in [-0.15, -0.1) is 0 Å². The number of nitrogens with zero attached hydrogens (tertiary/aromatic N) is 2. The van der Waals surface area contributed by atoms with E-state index in [9.17, 15) is 5.26 Å². The van der Waals surface area contributed by atoms with Crippen LogP contribution < -0.4 is 0 Å². The van der Waals surface area contributed by atoms with Crippen LogP contribution in [0.2, 0.25) is 0 Å². The Morgan fingerprint density at radius 1 is 0.952 bits per heavy atom. The molecule has 1 heterocycles. The molecule has 3 heteroatoms. The van der Waals surface area contributed by atoms with Crippen LogP contribution in [0, 0.1) is 22.7 Å². The van der Waals surface area contributed by atoms with Gasteiger partial charge in [0.05, 0.1) is 12.7 Å². The summed E-state index contributed by atoms with van der Waals surface area (Å²) in [5, 5.41) is 12.2. The largest absolute Gasteiger partial charge is 0.297 e. The van der Waals surface area contributed by atoms with Gasteiger partial charge >= 0.3 is 0 Å². The Kier molecular flexibility index (Phi) is 3.51. The van der Waals surface area contributed by atoms with Crippen molar-refractivity contribution >= 4 is 0 Å². The van der Waals surface area contributed by atoms with Crippen molar-refractivity contribution in [3.8, 4) is 6.07 Å². The molecule has 3 saturated carbocycles. The highest BCUT2D eigenvalue weighted by Crippen LogP contribution is 2.59. The second-order valence-corrected chi connectivity index (χ2v) is 8.03. The Balaban J connectivity index is 1.63. The van der Waals surface area contributed by atoms with Gasteiger partial charge in [-0.05, 0) is 69.1 Å². The van der Waals surface area contributed by atoms with Crippen LogP contribution in [-0.2, 0) is 4.84 Å². The molecular formula is C18H28N2O. The molecule has 2 bridgehead atoms. The first kappa shape index (κ1) is 14.0. The van der Waals surface area contributed by atoms with Gasteiger partial charge in [0.1, 0.15) is 5.54 Å². The summed E-state index contributed by atoms with van der Waals surface area (Å²) in [6.07, 6.45) is 15.1. The molecule has 0 amide bonds. The van der Waals surface area contributed by atoms with Crippen molar-refractivity contribution in [2.45, 2.75) is 88.6 Å². The van der Waals surface area contributed by atoms with E-state index in [0.29, 0.717) is 11.5 Å². The first-order valence-electron chi connectivity index (χ1n) is 9.12. The van der Waals surface area contributed by atoms with E-state index in [2.05, 4.69) is 11.1 Å². The van der Waals surface area contributed by atoms with E-state index < -0.39 is 0 Å². The monoisotopic (exact) mass is 288 g/mol. The lowest BCUT2D eigenvalue weighted by atomic mass is 9.72. The molecule has 3 nitrogen and oxygen atoms in total. The summed E-state index contributed by atoms with van der Waals surface area (Å²) in [5.41, 5.74) is 0.158. The number of rotatable bonds is 2.